The highest BCUT2D eigenvalue weighted by molar-refractivity contribution is 5.93. The third-order valence-electron chi connectivity index (χ3n) is 5.60. The molecule has 178 valence electrons. The van der Waals surface area contributed by atoms with Crippen molar-refractivity contribution in [1.82, 2.24) is 15.5 Å². The van der Waals surface area contributed by atoms with E-state index in [0.29, 0.717) is 32.5 Å². The lowest BCUT2D eigenvalue weighted by atomic mass is 9.98. The van der Waals surface area contributed by atoms with Gasteiger partial charge in [0.2, 0.25) is 5.91 Å². The first-order chi connectivity index (χ1) is 15.2. The maximum absolute atomic E-state index is 13.1. The third kappa shape index (κ3) is 7.93. The fourth-order valence-electron chi connectivity index (χ4n) is 3.93. The first-order valence-electron chi connectivity index (χ1n) is 11.7. The van der Waals surface area contributed by atoms with Gasteiger partial charge >= 0.3 is 6.03 Å². The Hall–Kier alpha value is -2.41. The van der Waals surface area contributed by atoms with Crippen molar-refractivity contribution in [2.45, 2.75) is 72.5 Å². The minimum atomic E-state index is -0.700. The Morgan fingerprint density at radius 3 is 2.22 bits per heavy atom. The third-order valence-corrected chi connectivity index (χ3v) is 5.60. The van der Waals surface area contributed by atoms with Gasteiger partial charge in [-0.3, -0.25) is 9.59 Å². The van der Waals surface area contributed by atoms with Crippen LogP contribution in [0.25, 0.3) is 0 Å². The van der Waals surface area contributed by atoms with Gasteiger partial charge in [0.25, 0.3) is 0 Å². The van der Waals surface area contributed by atoms with E-state index in [1.165, 1.54) is 5.56 Å². The van der Waals surface area contributed by atoms with Gasteiger partial charge in [-0.1, -0.05) is 52.0 Å². The van der Waals surface area contributed by atoms with E-state index < -0.39 is 12.1 Å². The molecule has 1 aliphatic heterocycles. The van der Waals surface area contributed by atoms with Gasteiger partial charge in [0.1, 0.15) is 12.6 Å². The van der Waals surface area contributed by atoms with Crippen molar-refractivity contribution < 1.29 is 19.1 Å². The highest BCUT2D eigenvalue weighted by Gasteiger charge is 2.30. The van der Waals surface area contributed by atoms with Crippen LogP contribution in [0, 0.1) is 11.8 Å². The molecule has 0 unspecified atom stereocenters. The van der Waals surface area contributed by atoms with Crippen LogP contribution < -0.4 is 10.6 Å². The molecule has 2 N–H and O–H groups in total. The van der Waals surface area contributed by atoms with E-state index in [1.807, 2.05) is 52.8 Å². The maximum atomic E-state index is 13.1. The van der Waals surface area contributed by atoms with Gasteiger partial charge in [-0.25, -0.2) is 4.79 Å². The van der Waals surface area contributed by atoms with Crippen molar-refractivity contribution in [1.29, 1.82) is 0 Å². The number of hydrogen-bond donors (Lipinski definition) is 2. The molecule has 3 amide bonds. The summed E-state index contributed by atoms with van der Waals surface area (Å²) in [4.78, 5) is 40.4. The van der Waals surface area contributed by atoms with Crippen LogP contribution in [0.15, 0.2) is 24.3 Å². The van der Waals surface area contributed by atoms with Gasteiger partial charge in [0.05, 0.1) is 6.04 Å². The molecule has 0 aliphatic carbocycles. The molecule has 0 radical (unpaired) electrons. The lowest BCUT2D eigenvalue weighted by Gasteiger charge is -2.31. The molecule has 0 saturated heterocycles. The van der Waals surface area contributed by atoms with Gasteiger partial charge in [-0.2, -0.15) is 0 Å². The Bertz CT molecular complexity index is 778. The zero-order chi connectivity index (χ0) is 23.7. The molecule has 1 aromatic carbocycles. The van der Waals surface area contributed by atoms with Gasteiger partial charge in [0.15, 0.2) is 5.78 Å². The van der Waals surface area contributed by atoms with E-state index in [2.05, 4.69) is 16.7 Å². The van der Waals surface area contributed by atoms with Crippen LogP contribution in [-0.2, 0) is 27.3 Å². The number of ketones is 1. The predicted molar refractivity (Wildman–Crippen MR) is 125 cm³/mol. The summed E-state index contributed by atoms with van der Waals surface area (Å²) in [5.74, 6) is -0.0237. The minimum absolute atomic E-state index is 0.0252. The van der Waals surface area contributed by atoms with Crippen molar-refractivity contribution in [2.24, 2.45) is 11.8 Å². The molecule has 1 aliphatic rings. The molecule has 1 aromatic rings. The van der Waals surface area contributed by atoms with E-state index in [-0.39, 0.29) is 36.2 Å². The monoisotopic (exact) mass is 445 g/mol. The van der Waals surface area contributed by atoms with Crippen LogP contribution in [0.4, 0.5) is 4.79 Å². The summed E-state index contributed by atoms with van der Waals surface area (Å²) in [5.41, 5.74) is 2.40. The van der Waals surface area contributed by atoms with E-state index in [4.69, 9.17) is 4.74 Å². The Balaban J connectivity index is 2.06. The molecule has 0 fully saturated rings. The number of carbonyl (C=O) groups excluding carboxylic acids is 3. The van der Waals surface area contributed by atoms with Crippen molar-refractivity contribution in [3.05, 3.63) is 35.4 Å². The van der Waals surface area contributed by atoms with E-state index in [1.54, 1.807) is 4.90 Å². The Labute approximate surface area is 192 Å². The summed E-state index contributed by atoms with van der Waals surface area (Å²) in [5, 5.41) is 5.81. The summed E-state index contributed by atoms with van der Waals surface area (Å²) in [6.45, 7) is 11.4. The smallest absolute Gasteiger partial charge is 0.318 e. The fraction of sp³-hybridized carbons (Fsp3) is 0.640. The van der Waals surface area contributed by atoms with Gasteiger partial charge < -0.3 is 20.3 Å². The van der Waals surface area contributed by atoms with Gasteiger partial charge in [-0.05, 0) is 49.1 Å². The molecule has 0 saturated carbocycles. The summed E-state index contributed by atoms with van der Waals surface area (Å²) in [6.07, 6.45) is 1.83. The van der Waals surface area contributed by atoms with Crippen LogP contribution in [0.5, 0.6) is 0 Å². The lowest BCUT2D eigenvalue weighted by molar-refractivity contribution is -0.131. The van der Waals surface area contributed by atoms with Crippen molar-refractivity contribution >= 4 is 17.7 Å². The van der Waals surface area contributed by atoms with E-state index in [0.717, 1.165) is 12.0 Å². The number of benzene rings is 1. The predicted octanol–water partition coefficient (Wildman–Crippen LogP) is 3.31. The first kappa shape index (κ1) is 25.8. The molecular weight excluding hydrogens is 406 g/mol. The lowest BCUT2D eigenvalue weighted by Crippen LogP contribution is -2.55. The maximum Gasteiger partial charge on any atom is 0.318 e. The van der Waals surface area contributed by atoms with Crippen LogP contribution in [0.3, 0.4) is 0 Å². The molecule has 32 heavy (non-hydrogen) atoms. The van der Waals surface area contributed by atoms with E-state index >= 15 is 0 Å². The molecule has 2 atom stereocenters. The zero-order valence-electron chi connectivity index (χ0n) is 20.1. The minimum Gasteiger partial charge on any atom is -0.374 e. The SMILES string of the molecule is CCOCC(=O)[C@H](CC(C)C)NC(=O)[C@H](CC(C)C)NC(=O)N1CCc2ccccc2C1. The molecule has 7 nitrogen and oxygen atoms in total. The largest absolute Gasteiger partial charge is 0.374 e. The number of rotatable bonds is 11. The molecule has 7 heteroatoms. The Morgan fingerprint density at radius 1 is 0.969 bits per heavy atom. The number of carbonyl (C=O) groups is 3. The van der Waals surface area contributed by atoms with Crippen LogP contribution >= 0.6 is 0 Å². The van der Waals surface area contributed by atoms with Crippen molar-refractivity contribution in [2.75, 3.05) is 19.8 Å². The normalized spacial score (nSPS) is 15.3. The molecule has 0 aromatic heterocycles. The summed E-state index contributed by atoms with van der Waals surface area (Å²) in [6, 6.07) is 6.54. The van der Waals surface area contributed by atoms with Crippen molar-refractivity contribution in [3.63, 3.8) is 0 Å². The quantitative estimate of drug-likeness (QED) is 0.547. The number of fused-ring (bicyclic) bond motifs is 1. The summed E-state index contributed by atoms with van der Waals surface area (Å²) >= 11 is 0. The fourth-order valence-corrected chi connectivity index (χ4v) is 3.93. The van der Waals surface area contributed by atoms with Crippen LogP contribution in [0.2, 0.25) is 0 Å². The number of amides is 3. The second-order valence-electron chi connectivity index (χ2n) is 9.37. The van der Waals surface area contributed by atoms with Gasteiger partial charge in [0, 0.05) is 19.7 Å². The average Bonchev–Trinajstić information content (AvgIpc) is 2.75. The number of nitrogens with one attached hydrogen (secondary N) is 2. The Morgan fingerprint density at radius 2 is 1.59 bits per heavy atom. The molecular formula is C25H39N3O4. The second kappa shape index (κ2) is 12.6. The highest BCUT2D eigenvalue weighted by Crippen LogP contribution is 2.19. The topological polar surface area (TPSA) is 87.7 Å². The first-order valence-corrected chi connectivity index (χ1v) is 11.7. The number of hydrogen-bond acceptors (Lipinski definition) is 4. The zero-order valence-corrected chi connectivity index (χ0v) is 20.1. The molecule has 2 rings (SSSR count). The number of urea groups is 1. The number of nitrogens with zero attached hydrogens (tertiary/aromatic N) is 1. The van der Waals surface area contributed by atoms with Gasteiger partial charge in [-0.15, -0.1) is 0 Å². The van der Waals surface area contributed by atoms with Crippen LogP contribution in [-0.4, -0.2) is 54.5 Å². The standard InChI is InChI=1S/C25H39N3O4/c1-6-32-16-23(29)21(13-17(2)3)26-24(30)22(14-18(4)5)27-25(31)28-12-11-19-9-7-8-10-20(19)15-28/h7-10,17-18,21-22H,6,11-16H2,1-5H3,(H,26,30)(H,27,31)/t21-,22-/m0/s1. The molecule has 0 bridgehead atoms. The molecule has 0 spiro atoms. The number of Topliss-reactive ketones (excluding diaryl/α,β-unsaturated/α-hetero) is 1. The second-order valence-corrected chi connectivity index (χ2v) is 9.37. The summed E-state index contributed by atoms with van der Waals surface area (Å²) in [7, 11) is 0. The molecule has 1 heterocycles. The average molecular weight is 446 g/mol. The van der Waals surface area contributed by atoms with Crippen molar-refractivity contribution in [3.8, 4) is 0 Å². The Kier molecular flexibility index (Phi) is 10.2. The number of ether oxygens (including phenoxy) is 1. The summed E-state index contributed by atoms with van der Waals surface area (Å²) < 4.78 is 5.26. The van der Waals surface area contributed by atoms with E-state index in [9.17, 15) is 14.4 Å². The highest BCUT2D eigenvalue weighted by atomic mass is 16.5. The van der Waals surface area contributed by atoms with Crippen LogP contribution in [0.1, 0.15) is 58.6 Å².